The van der Waals surface area contributed by atoms with E-state index in [1.54, 1.807) is 31.4 Å². The van der Waals surface area contributed by atoms with Gasteiger partial charge in [-0.15, -0.1) is 0 Å². The summed E-state index contributed by atoms with van der Waals surface area (Å²) in [7, 11) is 1.62. The Kier molecular flexibility index (Phi) is 4.58. The topological polar surface area (TPSA) is 35.5 Å². The minimum Gasteiger partial charge on any atom is -0.497 e. The fourth-order valence-corrected chi connectivity index (χ4v) is 1.89. The van der Waals surface area contributed by atoms with Gasteiger partial charge in [0.2, 0.25) is 0 Å². The molecule has 0 unspecified atom stereocenters. The summed E-state index contributed by atoms with van der Waals surface area (Å²) < 4.78 is 10.7. The van der Waals surface area contributed by atoms with Crippen molar-refractivity contribution in [1.82, 2.24) is 0 Å². The van der Waals surface area contributed by atoms with Gasteiger partial charge in [0.15, 0.2) is 5.78 Å². The summed E-state index contributed by atoms with van der Waals surface area (Å²) in [6.45, 7) is 0. The molecule has 3 nitrogen and oxygen atoms in total. The highest BCUT2D eigenvalue weighted by atomic mass is 79.9. The zero-order valence-corrected chi connectivity index (χ0v) is 12.0. The van der Waals surface area contributed by atoms with Crippen LogP contribution in [0, 0.1) is 0 Å². The summed E-state index contributed by atoms with van der Waals surface area (Å²) in [5, 5.41) is 0.325. The summed E-state index contributed by atoms with van der Waals surface area (Å²) in [4.78, 5) is 11.5. The molecule has 0 aliphatic rings. The van der Waals surface area contributed by atoms with E-state index in [2.05, 4.69) is 15.9 Å². The van der Waals surface area contributed by atoms with Crippen molar-refractivity contribution in [2.45, 2.75) is 0 Å². The lowest BCUT2D eigenvalue weighted by atomic mass is 10.1. The molecule has 0 saturated heterocycles. The first-order valence-corrected chi connectivity index (χ1v) is 6.86. The smallest absolute Gasteiger partial charge is 0.173 e. The van der Waals surface area contributed by atoms with Crippen molar-refractivity contribution in [3.05, 3.63) is 54.1 Å². The van der Waals surface area contributed by atoms with E-state index in [0.717, 1.165) is 11.5 Å². The van der Waals surface area contributed by atoms with Gasteiger partial charge >= 0.3 is 0 Å². The van der Waals surface area contributed by atoms with Gasteiger partial charge in [-0.3, -0.25) is 4.79 Å². The Hall–Kier alpha value is -1.81. The van der Waals surface area contributed by atoms with Crippen LogP contribution in [0.5, 0.6) is 17.2 Å². The number of carbonyl (C=O) groups is 1. The van der Waals surface area contributed by atoms with Crippen molar-refractivity contribution in [1.29, 1.82) is 0 Å². The largest absolute Gasteiger partial charge is 0.497 e. The molecule has 0 N–H and O–H groups in total. The molecule has 0 spiro atoms. The van der Waals surface area contributed by atoms with Crippen LogP contribution in [0.25, 0.3) is 0 Å². The number of carbonyl (C=O) groups excluding carboxylic acids is 1. The molecule has 0 amide bonds. The number of alkyl halides is 1. The van der Waals surface area contributed by atoms with E-state index < -0.39 is 0 Å². The Balaban J connectivity index is 2.08. The maximum atomic E-state index is 11.5. The monoisotopic (exact) mass is 320 g/mol. The van der Waals surface area contributed by atoms with E-state index in [1.807, 2.05) is 24.3 Å². The molecule has 0 atom stereocenters. The Morgan fingerprint density at radius 1 is 0.947 bits per heavy atom. The lowest BCUT2D eigenvalue weighted by Crippen LogP contribution is -1.99. The zero-order chi connectivity index (χ0) is 13.7. The molecule has 19 heavy (non-hydrogen) atoms. The van der Waals surface area contributed by atoms with Gasteiger partial charge in [0, 0.05) is 5.56 Å². The van der Waals surface area contributed by atoms with E-state index >= 15 is 0 Å². The van der Waals surface area contributed by atoms with E-state index in [9.17, 15) is 4.79 Å². The first-order chi connectivity index (χ1) is 9.22. The summed E-state index contributed by atoms with van der Waals surface area (Å²) in [5.41, 5.74) is 0.666. The van der Waals surface area contributed by atoms with Crippen LogP contribution in [-0.2, 0) is 0 Å². The molecule has 0 aliphatic carbocycles. The van der Waals surface area contributed by atoms with Gasteiger partial charge in [-0.2, -0.15) is 0 Å². The second-order valence-corrected chi connectivity index (χ2v) is 4.42. The van der Waals surface area contributed by atoms with Gasteiger partial charge in [0.05, 0.1) is 12.4 Å². The standard InChI is InChI=1S/C15H13BrO3/c1-18-12-6-8-14(9-7-12)19-13-4-2-11(3-5-13)15(17)10-16/h2-9H,10H2,1H3. The van der Waals surface area contributed by atoms with Crippen molar-refractivity contribution in [2.75, 3.05) is 12.4 Å². The SMILES string of the molecule is COc1ccc(Oc2ccc(C(=O)CBr)cc2)cc1. The van der Waals surface area contributed by atoms with Gasteiger partial charge in [0.1, 0.15) is 17.2 Å². The highest BCUT2D eigenvalue weighted by molar-refractivity contribution is 9.09. The summed E-state index contributed by atoms with van der Waals surface area (Å²) in [6, 6.07) is 14.4. The number of benzene rings is 2. The number of rotatable bonds is 5. The van der Waals surface area contributed by atoms with Crippen molar-refractivity contribution in [3.63, 3.8) is 0 Å². The average molecular weight is 321 g/mol. The molecular weight excluding hydrogens is 308 g/mol. The summed E-state index contributed by atoms with van der Waals surface area (Å²) >= 11 is 3.14. The number of ether oxygens (including phenoxy) is 2. The maximum absolute atomic E-state index is 11.5. The molecule has 0 aromatic heterocycles. The van der Waals surface area contributed by atoms with Crippen LogP contribution in [0.4, 0.5) is 0 Å². The lowest BCUT2D eigenvalue weighted by Gasteiger charge is -2.07. The first-order valence-electron chi connectivity index (χ1n) is 5.74. The molecule has 98 valence electrons. The Labute approximate surface area is 120 Å². The molecule has 2 aromatic rings. The first kappa shape index (κ1) is 13.6. The molecule has 2 aromatic carbocycles. The normalized spacial score (nSPS) is 10.0. The molecule has 0 radical (unpaired) electrons. The summed E-state index contributed by atoms with van der Waals surface area (Å²) in [6.07, 6.45) is 0. The fourth-order valence-electron chi connectivity index (χ4n) is 1.57. The predicted octanol–water partition coefficient (Wildman–Crippen LogP) is 4.07. The molecule has 2 rings (SSSR count). The molecule has 0 fully saturated rings. The van der Waals surface area contributed by atoms with Crippen molar-refractivity contribution in [3.8, 4) is 17.2 Å². The van der Waals surface area contributed by atoms with Gasteiger partial charge in [-0.1, -0.05) is 15.9 Å². The van der Waals surface area contributed by atoms with E-state index in [-0.39, 0.29) is 5.78 Å². The number of hydrogen-bond donors (Lipinski definition) is 0. The molecular formula is C15H13BrO3. The number of halogens is 1. The highest BCUT2D eigenvalue weighted by Crippen LogP contribution is 2.24. The molecule has 0 bridgehead atoms. The fraction of sp³-hybridized carbons (Fsp3) is 0.133. The van der Waals surface area contributed by atoms with E-state index in [4.69, 9.17) is 9.47 Å². The van der Waals surface area contributed by atoms with E-state index in [1.165, 1.54) is 0 Å². The van der Waals surface area contributed by atoms with Gasteiger partial charge < -0.3 is 9.47 Å². The van der Waals surface area contributed by atoms with E-state index in [0.29, 0.717) is 16.6 Å². The maximum Gasteiger partial charge on any atom is 0.173 e. The van der Waals surface area contributed by atoms with Gasteiger partial charge in [-0.05, 0) is 48.5 Å². The molecule has 4 heteroatoms. The zero-order valence-electron chi connectivity index (χ0n) is 10.4. The Morgan fingerprint density at radius 3 is 1.89 bits per heavy atom. The quantitative estimate of drug-likeness (QED) is 0.615. The number of Topliss-reactive ketones (excluding diaryl/α,β-unsaturated/α-hetero) is 1. The number of hydrogen-bond acceptors (Lipinski definition) is 3. The van der Waals surface area contributed by atoms with Gasteiger partial charge in [-0.25, -0.2) is 0 Å². The number of methoxy groups -OCH3 is 1. The van der Waals surface area contributed by atoms with Crippen LogP contribution in [0.2, 0.25) is 0 Å². The van der Waals surface area contributed by atoms with Crippen LogP contribution in [0.1, 0.15) is 10.4 Å². The Bertz CT molecular complexity index is 547. The average Bonchev–Trinajstić information content (AvgIpc) is 2.48. The molecule has 0 saturated carbocycles. The van der Waals surface area contributed by atoms with Crippen LogP contribution in [0.3, 0.4) is 0 Å². The van der Waals surface area contributed by atoms with Crippen molar-refractivity contribution in [2.24, 2.45) is 0 Å². The highest BCUT2D eigenvalue weighted by Gasteiger charge is 2.04. The third kappa shape index (κ3) is 3.58. The van der Waals surface area contributed by atoms with Gasteiger partial charge in [0.25, 0.3) is 0 Å². The van der Waals surface area contributed by atoms with Crippen LogP contribution < -0.4 is 9.47 Å². The van der Waals surface area contributed by atoms with Crippen LogP contribution in [0.15, 0.2) is 48.5 Å². The predicted molar refractivity (Wildman–Crippen MR) is 77.6 cm³/mol. The molecule has 0 aliphatic heterocycles. The summed E-state index contributed by atoms with van der Waals surface area (Å²) in [5.74, 6) is 2.25. The number of ketones is 1. The third-order valence-electron chi connectivity index (χ3n) is 2.59. The van der Waals surface area contributed by atoms with Crippen molar-refractivity contribution < 1.29 is 14.3 Å². The third-order valence-corrected chi connectivity index (χ3v) is 3.10. The second-order valence-electron chi connectivity index (χ2n) is 3.86. The lowest BCUT2D eigenvalue weighted by molar-refractivity contribution is 0.102. The van der Waals surface area contributed by atoms with Crippen molar-refractivity contribution >= 4 is 21.7 Å². The molecule has 0 heterocycles. The minimum absolute atomic E-state index is 0.0518. The minimum atomic E-state index is 0.0518. The Morgan fingerprint density at radius 2 is 1.42 bits per heavy atom. The second kappa shape index (κ2) is 6.38. The van der Waals surface area contributed by atoms with Crippen LogP contribution in [-0.4, -0.2) is 18.2 Å². The van der Waals surface area contributed by atoms with Crippen LogP contribution >= 0.6 is 15.9 Å².